The van der Waals surface area contributed by atoms with Crippen molar-refractivity contribution in [1.82, 2.24) is 4.90 Å². The third-order valence-electron chi connectivity index (χ3n) is 4.90. The molecule has 0 spiro atoms. The van der Waals surface area contributed by atoms with Gasteiger partial charge in [0.05, 0.1) is 10.6 Å². The van der Waals surface area contributed by atoms with Crippen LogP contribution in [0.15, 0.2) is 53.4 Å². The number of likely N-dealkylation sites (tertiary alicyclic amines) is 1. The average Bonchev–Trinajstić information content (AvgIpc) is 2.67. The molecule has 1 amide bonds. The smallest absolute Gasteiger partial charge is 0.264 e. The molecule has 1 atom stereocenters. The Hall–Kier alpha value is -2.38. The van der Waals surface area contributed by atoms with Crippen molar-refractivity contribution in [2.75, 3.05) is 24.4 Å². The van der Waals surface area contributed by atoms with Crippen molar-refractivity contribution in [1.29, 1.82) is 0 Å². The number of nitrogens with two attached hydrogens (primary N) is 1. The minimum atomic E-state index is -3.65. The minimum Gasteiger partial charge on any atom is -0.337 e. The van der Waals surface area contributed by atoms with Crippen LogP contribution in [0.3, 0.4) is 0 Å². The predicted octanol–water partition coefficient (Wildman–Crippen LogP) is 2.38. The summed E-state index contributed by atoms with van der Waals surface area (Å²) in [5.41, 5.74) is 7.99. The fraction of sp³-hybridized carbons (Fsp3) is 0.350. The minimum absolute atomic E-state index is 0.0211. The van der Waals surface area contributed by atoms with E-state index in [0.29, 0.717) is 24.3 Å². The molecule has 0 bridgehead atoms. The van der Waals surface area contributed by atoms with E-state index in [1.807, 2.05) is 6.92 Å². The summed E-state index contributed by atoms with van der Waals surface area (Å²) in [7, 11) is -2.14. The Balaban J connectivity index is 1.78. The molecular weight excluding hydrogens is 362 g/mol. The van der Waals surface area contributed by atoms with Crippen LogP contribution in [-0.2, 0) is 10.0 Å². The lowest BCUT2D eigenvalue weighted by Gasteiger charge is -2.31. The molecule has 1 aliphatic rings. The Morgan fingerprint density at radius 1 is 1.11 bits per heavy atom. The third-order valence-corrected chi connectivity index (χ3v) is 6.70. The van der Waals surface area contributed by atoms with Crippen LogP contribution in [0.1, 0.15) is 28.8 Å². The SMILES string of the molecule is Cc1ccc(S(=O)(=O)N(C)c2ccc(C(=O)N3CCC[C@@H](N)C3)cc2)cc1. The lowest BCUT2D eigenvalue weighted by Crippen LogP contribution is -2.45. The molecule has 0 aromatic heterocycles. The van der Waals surface area contributed by atoms with Crippen LogP contribution in [0, 0.1) is 6.92 Å². The van der Waals surface area contributed by atoms with Gasteiger partial charge in [-0.3, -0.25) is 9.10 Å². The van der Waals surface area contributed by atoms with Gasteiger partial charge in [-0.25, -0.2) is 8.42 Å². The van der Waals surface area contributed by atoms with Crippen LogP contribution in [0.5, 0.6) is 0 Å². The molecule has 3 rings (SSSR count). The zero-order valence-electron chi connectivity index (χ0n) is 15.6. The second-order valence-electron chi connectivity index (χ2n) is 6.99. The third kappa shape index (κ3) is 4.14. The molecule has 7 heteroatoms. The Morgan fingerprint density at radius 3 is 2.33 bits per heavy atom. The molecule has 2 N–H and O–H groups in total. The monoisotopic (exact) mass is 387 g/mol. The van der Waals surface area contributed by atoms with Crippen molar-refractivity contribution in [3.63, 3.8) is 0 Å². The van der Waals surface area contributed by atoms with Crippen LogP contribution in [0.25, 0.3) is 0 Å². The molecule has 1 aliphatic heterocycles. The molecule has 6 nitrogen and oxygen atoms in total. The van der Waals surface area contributed by atoms with Gasteiger partial charge >= 0.3 is 0 Å². The molecule has 27 heavy (non-hydrogen) atoms. The van der Waals surface area contributed by atoms with Crippen molar-refractivity contribution in [2.24, 2.45) is 5.73 Å². The number of hydrogen-bond acceptors (Lipinski definition) is 4. The van der Waals surface area contributed by atoms with E-state index in [9.17, 15) is 13.2 Å². The van der Waals surface area contributed by atoms with Gasteiger partial charge in [-0.1, -0.05) is 17.7 Å². The van der Waals surface area contributed by atoms with E-state index in [4.69, 9.17) is 5.73 Å². The maximum Gasteiger partial charge on any atom is 0.264 e. The highest BCUT2D eigenvalue weighted by molar-refractivity contribution is 7.92. The molecule has 0 aliphatic carbocycles. The second kappa shape index (κ2) is 7.70. The molecule has 144 valence electrons. The zero-order chi connectivity index (χ0) is 19.6. The maximum atomic E-state index is 12.8. The van der Waals surface area contributed by atoms with Gasteiger partial charge in [-0.15, -0.1) is 0 Å². The molecular formula is C20H25N3O3S. The van der Waals surface area contributed by atoms with Crippen molar-refractivity contribution in [3.05, 3.63) is 59.7 Å². The van der Waals surface area contributed by atoms with Crippen LogP contribution < -0.4 is 10.0 Å². The first-order chi connectivity index (χ1) is 12.8. The van der Waals surface area contributed by atoms with Crippen LogP contribution >= 0.6 is 0 Å². The summed E-state index contributed by atoms with van der Waals surface area (Å²) < 4.78 is 26.8. The number of sulfonamides is 1. The van der Waals surface area contributed by atoms with Gasteiger partial charge in [0.2, 0.25) is 0 Å². The number of anilines is 1. The van der Waals surface area contributed by atoms with E-state index in [1.54, 1.807) is 53.4 Å². The van der Waals surface area contributed by atoms with Crippen molar-refractivity contribution < 1.29 is 13.2 Å². The summed E-state index contributed by atoms with van der Waals surface area (Å²) in [5, 5.41) is 0. The first-order valence-corrected chi connectivity index (χ1v) is 10.4. The Kier molecular flexibility index (Phi) is 5.53. The number of piperidine rings is 1. The number of hydrogen-bond donors (Lipinski definition) is 1. The normalized spacial score (nSPS) is 17.6. The van der Waals surface area contributed by atoms with Crippen LogP contribution in [0.2, 0.25) is 0 Å². The van der Waals surface area contributed by atoms with E-state index in [1.165, 1.54) is 11.4 Å². The number of rotatable bonds is 4. The average molecular weight is 388 g/mol. The second-order valence-corrected chi connectivity index (χ2v) is 8.96. The van der Waals surface area contributed by atoms with Gasteiger partial charge in [0.25, 0.3) is 15.9 Å². The fourth-order valence-corrected chi connectivity index (χ4v) is 4.39. The van der Waals surface area contributed by atoms with Gasteiger partial charge in [-0.05, 0) is 56.2 Å². The van der Waals surface area contributed by atoms with E-state index >= 15 is 0 Å². The molecule has 2 aromatic rings. The van der Waals surface area contributed by atoms with Gasteiger partial charge in [0, 0.05) is 31.7 Å². The molecule has 0 unspecified atom stereocenters. The number of amides is 1. The Bertz CT molecular complexity index is 908. The zero-order valence-corrected chi connectivity index (χ0v) is 16.4. The molecule has 0 radical (unpaired) electrons. The molecule has 1 heterocycles. The summed E-state index contributed by atoms with van der Waals surface area (Å²) in [6.07, 6.45) is 1.84. The number of carbonyl (C=O) groups is 1. The van der Waals surface area contributed by atoms with Crippen molar-refractivity contribution in [2.45, 2.75) is 30.7 Å². The number of aryl methyl sites for hydroxylation is 1. The van der Waals surface area contributed by atoms with E-state index < -0.39 is 10.0 Å². The molecule has 0 saturated carbocycles. The summed E-state index contributed by atoms with van der Waals surface area (Å²) in [4.78, 5) is 14.6. The lowest BCUT2D eigenvalue weighted by molar-refractivity contribution is 0.0709. The topological polar surface area (TPSA) is 83.7 Å². The van der Waals surface area contributed by atoms with Crippen molar-refractivity contribution in [3.8, 4) is 0 Å². The predicted molar refractivity (Wildman–Crippen MR) is 106 cm³/mol. The maximum absolute atomic E-state index is 12.8. The number of nitrogens with zero attached hydrogens (tertiary/aromatic N) is 2. The highest BCUT2D eigenvalue weighted by atomic mass is 32.2. The van der Waals surface area contributed by atoms with Crippen molar-refractivity contribution >= 4 is 21.6 Å². The van der Waals surface area contributed by atoms with Gasteiger partial charge in [0.1, 0.15) is 0 Å². The number of carbonyl (C=O) groups excluding carboxylic acids is 1. The molecule has 1 saturated heterocycles. The van der Waals surface area contributed by atoms with Crippen LogP contribution in [0.4, 0.5) is 5.69 Å². The first-order valence-electron chi connectivity index (χ1n) is 8.99. The fourth-order valence-electron chi connectivity index (χ4n) is 3.20. The van der Waals surface area contributed by atoms with E-state index in [2.05, 4.69) is 0 Å². The molecule has 2 aromatic carbocycles. The van der Waals surface area contributed by atoms with Gasteiger partial charge in [-0.2, -0.15) is 0 Å². The van der Waals surface area contributed by atoms with Gasteiger partial charge in [0.15, 0.2) is 0 Å². The van der Waals surface area contributed by atoms with Gasteiger partial charge < -0.3 is 10.6 Å². The van der Waals surface area contributed by atoms with Crippen LogP contribution in [-0.4, -0.2) is 45.4 Å². The number of benzene rings is 2. The highest BCUT2D eigenvalue weighted by Crippen LogP contribution is 2.23. The quantitative estimate of drug-likeness (QED) is 0.873. The standard InChI is InChI=1S/C20H25N3O3S/c1-15-5-11-19(12-6-15)27(25,26)22(2)18-9-7-16(8-10-18)20(24)23-13-3-4-17(21)14-23/h5-12,17H,3-4,13-14,21H2,1-2H3/t17-/m1/s1. The Labute approximate surface area is 160 Å². The summed E-state index contributed by atoms with van der Waals surface area (Å²) in [6.45, 7) is 3.17. The molecule has 1 fully saturated rings. The Morgan fingerprint density at radius 2 is 1.74 bits per heavy atom. The summed E-state index contributed by atoms with van der Waals surface area (Å²) in [5.74, 6) is -0.0688. The van der Waals surface area contributed by atoms with E-state index in [-0.39, 0.29) is 16.8 Å². The first kappa shape index (κ1) is 19.4. The largest absolute Gasteiger partial charge is 0.337 e. The lowest BCUT2D eigenvalue weighted by atomic mass is 10.1. The highest BCUT2D eigenvalue weighted by Gasteiger charge is 2.24. The van der Waals surface area contributed by atoms with E-state index in [0.717, 1.165) is 18.4 Å². The summed E-state index contributed by atoms with van der Waals surface area (Å²) in [6, 6.07) is 13.4. The summed E-state index contributed by atoms with van der Waals surface area (Å²) >= 11 is 0.